The van der Waals surface area contributed by atoms with Crippen molar-refractivity contribution in [3.05, 3.63) is 20.3 Å². The number of hydrogen-bond acceptors (Lipinski definition) is 3. The van der Waals surface area contributed by atoms with Gasteiger partial charge >= 0.3 is 0 Å². The molecule has 17 heavy (non-hydrogen) atoms. The fourth-order valence-electron chi connectivity index (χ4n) is 2.39. The molecule has 1 aromatic heterocycles. The smallest absolute Gasteiger partial charge is 0.0991 e. The van der Waals surface area contributed by atoms with Crippen molar-refractivity contribution >= 4 is 34.5 Å². The van der Waals surface area contributed by atoms with Gasteiger partial charge in [-0.05, 0) is 38.8 Å². The van der Waals surface area contributed by atoms with Gasteiger partial charge in [-0.3, -0.25) is 0 Å². The Morgan fingerprint density at radius 3 is 2.59 bits per heavy atom. The van der Waals surface area contributed by atoms with E-state index in [9.17, 15) is 0 Å². The third-order valence-electron chi connectivity index (χ3n) is 3.68. The molecule has 2 rings (SSSR count). The van der Waals surface area contributed by atoms with Gasteiger partial charge in [0.1, 0.15) is 0 Å². The van der Waals surface area contributed by atoms with Gasteiger partial charge in [0, 0.05) is 18.7 Å². The molecule has 0 aromatic carbocycles. The van der Waals surface area contributed by atoms with Crippen LogP contribution in [0.25, 0.3) is 0 Å². The van der Waals surface area contributed by atoms with Crippen LogP contribution in [0.15, 0.2) is 6.07 Å². The summed E-state index contributed by atoms with van der Waals surface area (Å²) >= 11 is 13.6. The number of thiophene rings is 1. The van der Waals surface area contributed by atoms with Gasteiger partial charge in [0.15, 0.2) is 0 Å². The lowest BCUT2D eigenvalue weighted by Crippen LogP contribution is -2.42. The van der Waals surface area contributed by atoms with Crippen LogP contribution in [0, 0.1) is 0 Å². The molecule has 1 heterocycles. The molecule has 1 saturated carbocycles. The summed E-state index contributed by atoms with van der Waals surface area (Å²) in [5, 5.41) is 3.31. The molecular formula is C12H17Cl2NOS. The molecule has 0 aliphatic heterocycles. The first-order chi connectivity index (χ1) is 8.10. The monoisotopic (exact) mass is 293 g/mol. The highest BCUT2D eigenvalue weighted by Crippen LogP contribution is 2.44. The molecule has 1 aromatic rings. The maximum Gasteiger partial charge on any atom is 0.0991 e. The Balaban J connectivity index is 2.13. The van der Waals surface area contributed by atoms with Crippen LogP contribution in [-0.2, 0) is 4.74 Å². The van der Waals surface area contributed by atoms with E-state index in [1.54, 1.807) is 7.11 Å². The van der Waals surface area contributed by atoms with E-state index in [0.717, 1.165) is 33.5 Å². The first-order valence-corrected chi connectivity index (χ1v) is 7.34. The maximum absolute atomic E-state index is 6.21. The Morgan fingerprint density at radius 2 is 2.24 bits per heavy atom. The number of ether oxygens (including phenoxy) is 1. The quantitative estimate of drug-likeness (QED) is 0.875. The Morgan fingerprint density at radius 1 is 1.53 bits per heavy atom. The van der Waals surface area contributed by atoms with Crippen molar-refractivity contribution in [3.63, 3.8) is 0 Å². The Hall–Kier alpha value is 0.200. The molecule has 5 heteroatoms. The summed E-state index contributed by atoms with van der Waals surface area (Å²) in [5.41, 5.74) is 1.12. The first-order valence-electron chi connectivity index (χ1n) is 5.77. The Bertz CT molecular complexity index is 384. The van der Waals surface area contributed by atoms with Crippen LogP contribution in [-0.4, -0.2) is 19.8 Å². The second-order valence-corrected chi connectivity index (χ2v) is 6.85. The number of methoxy groups -OCH3 is 1. The summed E-state index contributed by atoms with van der Waals surface area (Å²) in [4.78, 5) is 0. The minimum absolute atomic E-state index is 0.0332. The van der Waals surface area contributed by atoms with E-state index in [0.29, 0.717) is 0 Å². The van der Waals surface area contributed by atoms with Gasteiger partial charge in [-0.2, -0.15) is 0 Å². The second kappa shape index (κ2) is 5.45. The van der Waals surface area contributed by atoms with E-state index in [1.807, 2.05) is 13.1 Å². The lowest BCUT2D eigenvalue weighted by atomic mass is 9.75. The summed E-state index contributed by atoms with van der Waals surface area (Å²) < 4.78 is 7.18. The van der Waals surface area contributed by atoms with Gasteiger partial charge in [-0.1, -0.05) is 23.2 Å². The predicted octanol–water partition coefficient (Wildman–Crippen LogP) is 4.27. The minimum Gasteiger partial charge on any atom is -0.378 e. The average Bonchev–Trinajstić information content (AvgIpc) is 2.58. The standard InChI is InChI=1S/C12H17Cl2NOS/c1-15-9(7-12(16-2)4-3-5-12)8-6-10(13)17-11(8)14/h6,9,15H,3-5,7H2,1-2H3. The highest BCUT2D eigenvalue weighted by Gasteiger charge is 2.39. The highest BCUT2D eigenvalue weighted by atomic mass is 35.5. The molecule has 1 N–H and O–H groups in total. The lowest BCUT2D eigenvalue weighted by Gasteiger charge is -2.42. The van der Waals surface area contributed by atoms with E-state index >= 15 is 0 Å². The number of nitrogens with one attached hydrogen (secondary N) is 1. The van der Waals surface area contributed by atoms with Crippen molar-refractivity contribution in [3.8, 4) is 0 Å². The van der Waals surface area contributed by atoms with E-state index in [1.165, 1.54) is 17.8 Å². The van der Waals surface area contributed by atoms with Gasteiger partial charge in [0.2, 0.25) is 0 Å². The largest absolute Gasteiger partial charge is 0.378 e. The van der Waals surface area contributed by atoms with Crippen LogP contribution >= 0.6 is 34.5 Å². The summed E-state index contributed by atoms with van der Waals surface area (Å²) in [6.07, 6.45) is 4.48. The normalized spacial score (nSPS) is 20.0. The number of halogens is 2. The molecule has 1 aliphatic carbocycles. The van der Waals surface area contributed by atoms with Gasteiger partial charge in [0.05, 0.1) is 14.3 Å². The van der Waals surface area contributed by atoms with Crippen LogP contribution in [0.2, 0.25) is 8.67 Å². The van der Waals surface area contributed by atoms with Crippen molar-refractivity contribution in [2.24, 2.45) is 0 Å². The topological polar surface area (TPSA) is 21.3 Å². The Labute approximate surface area is 116 Å². The zero-order chi connectivity index (χ0) is 12.5. The van der Waals surface area contributed by atoms with Gasteiger partial charge in [-0.15, -0.1) is 11.3 Å². The van der Waals surface area contributed by atoms with Crippen LogP contribution < -0.4 is 5.32 Å². The molecule has 2 nitrogen and oxygen atoms in total. The molecule has 0 amide bonds. The van der Waals surface area contributed by atoms with Gasteiger partial charge in [0.25, 0.3) is 0 Å². The Kier molecular flexibility index (Phi) is 4.37. The number of hydrogen-bond donors (Lipinski definition) is 1. The number of rotatable bonds is 5. The summed E-state index contributed by atoms with van der Waals surface area (Å²) in [7, 11) is 3.75. The van der Waals surface area contributed by atoms with Crippen molar-refractivity contribution in [1.82, 2.24) is 5.32 Å². The molecule has 0 spiro atoms. The van der Waals surface area contributed by atoms with Crippen molar-refractivity contribution in [2.45, 2.75) is 37.3 Å². The van der Waals surface area contributed by atoms with E-state index < -0.39 is 0 Å². The molecule has 0 bridgehead atoms. The van der Waals surface area contributed by atoms with E-state index in [-0.39, 0.29) is 11.6 Å². The van der Waals surface area contributed by atoms with Gasteiger partial charge in [-0.25, -0.2) is 0 Å². The van der Waals surface area contributed by atoms with E-state index in [4.69, 9.17) is 27.9 Å². The SMILES string of the molecule is CNC(CC1(OC)CCC1)c1cc(Cl)sc1Cl. The summed E-state index contributed by atoms with van der Waals surface area (Å²) in [6, 6.07) is 2.17. The molecule has 1 unspecified atom stereocenters. The molecule has 1 aliphatic rings. The third-order valence-corrected chi connectivity index (χ3v) is 5.20. The molecule has 1 fully saturated rings. The van der Waals surface area contributed by atoms with Crippen LogP contribution in [0.5, 0.6) is 0 Å². The molecular weight excluding hydrogens is 277 g/mol. The second-order valence-electron chi connectivity index (χ2n) is 4.57. The minimum atomic E-state index is 0.0332. The van der Waals surface area contributed by atoms with Crippen LogP contribution in [0.3, 0.4) is 0 Å². The molecule has 0 saturated heterocycles. The lowest BCUT2D eigenvalue weighted by molar-refractivity contribution is -0.0834. The van der Waals surface area contributed by atoms with Gasteiger partial charge < -0.3 is 10.1 Å². The summed E-state index contributed by atoms with van der Waals surface area (Å²) in [5.74, 6) is 0. The zero-order valence-corrected chi connectivity index (χ0v) is 12.4. The fourth-order valence-corrected chi connectivity index (χ4v) is 3.97. The fraction of sp³-hybridized carbons (Fsp3) is 0.667. The molecule has 96 valence electrons. The first kappa shape index (κ1) is 13.6. The third kappa shape index (κ3) is 2.79. The van der Waals surface area contributed by atoms with Crippen molar-refractivity contribution in [2.75, 3.05) is 14.2 Å². The predicted molar refractivity (Wildman–Crippen MR) is 74.3 cm³/mol. The van der Waals surface area contributed by atoms with Crippen molar-refractivity contribution < 1.29 is 4.74 Å². The van der Waals surface area contributed by atoms with Crippen LogP contribution in [0.1, 0.15) is 37.3 Å². The zero-order valence-electron chi connectivity index (χ0n) is 10.1. The summed E-state index contributed by atoms with van der Waals surface area (Å²) in [6.45, 7) is 0. The molecule has 1 atom stereocenters. The average molecular weight is 294 g/mol. The van der Waals surface area contributed by atoms with Crippen molar-refractivity contribution in [1.29, 1.82) is 0 Å². The molecule has 0 radical (unpaired) electrons. The maximum atomic E-state index is 6.21. The van der Waals surface area contributed by atoms with E-state index in [2.05, 4.69) is 5.32 Å². The highest BCUT2D eigenvalue weighted by molar-refractivity contribution is 7.20. The van der Waals surface area contributed by atoms with Crippen LogP contribution in [0.4, 0.5) is 0 Å².